The molecule has 140 valence electrons. The first-order valence-corrected chi connectivity index (χ1v) is 9.66. The number of halogens is 1. The van der Waals surface area contributed by atoms with Crippen LogP contribution < -0.4 is 20.3 Å². The van der Waals surface area contributed by atoms with E-state index in [2.05, 4.69) is 10.6 Å². The Morgan fingerprint density at radius 2 is 2.15 bits per heavy atom. The van der Waals surface area contributed by atoms with Crippen molar-refractivity contribution < 1.29 is 14.3 Å². The minimum Gasteiger partial charge on any atom is -0.481 e. The van der Waals surface area contributed by atoms with Crippen molar-refractivity contribution in [1.29, 1.82) is 0 Å². The second kappa shape index (κ2) is 6.99. The Kier molecular flexibility index (Phi) is 4.69. The number of hydrogen-bond acceptors (Lipinski definition) is 4. The van der Waals surface area contributed by atoms with Gasteiger partial charge in [0.1, 0.15) is 5.75 Å². The van der Waals surface area contributed by atoms with Gasteiger partial charge in [0.2, 0.25) is 5.91 Å². The Labute approximate surface area is 158 Å². The third-order valence-electron chi connectivity index (χ3n) is 5.80. The van der Waals surface area contributed by atoms with E-state index in [1.165, 1.54) is 0 Å². The van der Waals surface area contributed by atoms with E-state index in [0.717, 1.165) is 37.1 Å². The molecule has 1 aromatic carbocycles. The molecular weight excluding hydrogens is 354 g/mol. The molecule has 1 aliphatic carbocycles. The third-order valence-corrected chi connectivity index (χ3v) is 6.20. The molecule has 6 nitrogen and oxygen atoms in total. The van der Waals surface area contributed by atoms with Gasteiger partial charge in [-0.3, -0.25) is 9.59 Å². The number of benzene rings is 1. The molecule has 26 heavy (non-hydrogen) atoms. The molecule has 2 aliphatic heterocycles. The van der Waals surface area contributed by atoms with Crippen molar-refractivity contribution in [3.05, 3.63) is 18.2 Å². The quantitative estimate of drug-likeness (QED) is 0.793. The Hall–Kier alpha value is -1.95. The standard InChI is InChI=1S/C19H24ClN3O3/c1-23-16-5-3-14(8-17(16)26-10-18(23)24)21-9-12-6-11-7-13(20)2-4-15(11)22-19(12)25/h3,5,8,11-13,15,21H,2,4,6-7,9-10H2,1H3,(H,22,25). The Morgan fingerprint density at radius 1 is 1.31 bits per heavy atom. The average molecular weight is 378 g/mol. The van der Waals surface area contributed by atoms with Gasteiger partial charge in [-0.2, -0.15) is 0 Å². The summed E-state index contributed by atoms with van der Waals surface area (Å²) in [6, 6.07) is 5.96. The van der Waals surface area contributed by atoms with E-state index >= 15 is 0 Å². The molecule has 2 N–H and O–H groups in total. The molecule has 1 aromatic rings. The number of piperidine rings is 1. The van der Waals surface area contributed by atoms with Gasteiger partial charge < -0.3 is 20.3 Å². The molecular formula is C19H24ClN3O3. The largest absolute Gasteiger partial charge is 0.481 e. The van der Waals surface area contributed by atoms with Crippen molar-refractivity contribution in [1.82, 2.24) is 5.32 Å². The lowest BCUT2D eigenvalue weighted by molar-refractivity contribution is -0.129. The highest BCUT2D eigenvalue weighted by molar-refractivity contribution is 6.20. The van der Waals surface area contributed by atoms with Crippen LogP contribution in [0.25, 0.3) is 0 Å². The van der Waals surface area contributed by atoms with Crippen molar-refractivity contribution in [2.24, 2.45) is 11.8 Å². The first-order chi connectivity index (χ1) is 12.5. The van der Waals surface area contributed by atoms with E-state index in [1.54, 1.807) is 11.9 Å². The van der Waals surface area contributed by atoms with Gasteiger partial charge in [0.15, 0.2) is 6.61 Å². The van der Waals surface area contributed by atoms with Gasteiger partial charge in [-0.15, -0.1) is 11.6 Å². The number of carbonyl (C=O) groups excluding carboxylic acids is 2. The SMILES string of the molecule is CN1C(=O)COc2cc(NCC3CC4CC(Cl)CCC4NC3=O)ccc21. The highest BCUT2D eigenvalue weighted by Crippen LogP contribution is 2.36. The smallest absolute Gasteiger partial charge is 0.264 e. The van der Waals surface area contributed by atoms with E-state index in [0.29, 0.717) is 24.3 Å². The van der Waals surface area contributed by atoms with Gasteiger partial charge >= 0.3 is 0 Å². The summed E-state index contributed by atoms with van der Waals surface area (Å²) < 4.78 is 5.52. The fraction of sp³-hybridized carbons (Fsp3) is 0.579. The number of fused-ring (bicyclic) bond motifs is 2. The number of rotatable bonds is 3. The molecule has 2 fully saturated rings. The first-order valence-electron chi connectivity index (χ1n) is 9.23. The van der Waals surface area contributed by atoms with E-state index in [-0.39, 0.29) is 29.7 Å². The Balaban J connectivity index is 1.39. The lowest BCUT2D eigenvalue weighted by Gasteiger charge is -2.41. The maximum absolute atomic E-state index is 12.4. The predicted molar refractivity (Wildman–Crippen MR) is 101 cm³/mol. The van der Waals surface area contributed by atoms with Crippen molar-refractivity contribution in [3.8, 4) is 5.75 Å². The van der Waals surface area contributed by atoms with Crippen LogP contribution in [0.1, 0.15) is 25.7 Å². The number of anilines is 2. The van der Waals surface area contributed by atoms with Crippen molar-refractivity contribution in [2.75, 3.05) is 30.4 Å². The molecule has 2 amide bonds. The number of amides is 2. The predicted octanol–water partition coefficient (Wildman–Crippen LogP) is 2.37. The molecule has 0 radical (unpaired) electrons. The van der Waals surface area contributed by atoms with Crippen LogP contribution in [-0.2, 0) is 9.59 Å². The maximum Gasteiger partial charge on any atom is 0.264 e. The molecule has 4 rings (SSSR count). The van der Waals surface area contributed by atoms with Crippen LogP contribution in [0.3, 0.4) is 0 Å². The number of carbonyl (C=O) groups is 2. The van der Waals surface area contributed by atoms with Gasteiger partial charge in [0, 0.05) is 36.8 Å². The van der Waals surface area contributed by atoms with Crippen LogP contribution in [0.5, 0.6) is 5.75 Å². The molecule has 7 heteroatoms. The summed E-state index contributed by atoms with van der Waals surface area (Å²) in [4.78, 5) is 25.7. The Bertz CT molecular complexity index is 726. The summed E-state index contributed by atoms with van der Waals surface area (Å²) >= 11 is 6.31. The van der Waals surface area contributed by atoms with Gasteiger partial charge in [-0.05, 0) is 43.7 Å². The second-order valence-electron chi connectivity index (χ2n) is 7.52. The molecule has 0 bridgehead atoms. The monoisotopic (exact) mass is 377 g/mol. The van der Waals surface area contributed by atoms with Crippen LogP contribution >= 0.6 is 11.6 Å². The van der Waals surface area contributed by atoms with Crippen LogP contribution in [-0.4, -0.2) is 43.4 Å². The normalized spacial score (nSPS) is 30.8. The molecule has 1 saturated carbocycles. The fourth-order valence-corrected chi connectivity index (χ4v) is 4.59. The van der Waals surface area contributed by atoms with E-state index in [1.807, 2.05) is 18.2 Å². The van der Waals surface area contributed by atoms with Crippen LogP contribution in [0.15, 0.2) is 18.2 Å². The summed E-state index contributed by atoms with van der Waals surface area (Å²) in [5.74, 6) is 1.17. The minimum absolute atomic E-state index is 0.0561. The van der Waals surface area contributed by atoms with Gasteiger partial charge in [-0.25, -0.2) is 0 Å². The molecule has 1 saturated heterocycles. The maximum atomic E-state index is 12.4. The molecule has 4 atom stereocenters. The van der Waals surface area contributed by atoms with E-state index < -0.39 is 0 Å². The number of alkyl halides is 1. The molecule has 2 heterocycles. The third kappa shape index (κ3) is 3.34. The summed E-state index contributed by atoms with van der Waals surface area (Å²) in [6.07, 6.45) is 3.83. The zero-order chi connectivity index (χ0) is 18.3. The lowest BCUT2D eigenvalue weighted by Crippen LogP contribution is -2.53. The van der Waals surface area contributed by atoms with Crippen LogP contribution in [0.4, 0.5) is 11.4 Å². The number of likely N-dealkylation sites (N-methyl/N-ethyl adjacent to an activating group) is 1. The van der Waals surface area contributed by atoms with Crippen molar-refractivity contribution in [3.63, 3.8) is 0 Å². The lowest BCUT2D eigenvalue weighted by atomic mass is 9.75. The average Bonchev–Trinajstić information content (AvgIpc) is 2.63. The number of ether oxygens (including phenoxy) is 1. The van der Waals surface area contributed by atoms with Crippen LogP contribution in [0.2, 0.25) is 0 Å². The van der Waals surface area contributed by atoms with Gasteiger partial charge in [0.25, 0.3) is 5.91 Å². The first kappa shape index (κ1) is 17.5. The molecule has 4 unspecified atom stereocenters. The van der Waals surface area contributed by atoms with E-state index in [9.17, 15) is 9.59 Å². The van der Waals surface area contributed by atoms with Gasteiger partial charge in [-0.1, -0.05) is 0 Å². The highest BCUT2D eigenvalue weighted by Gasteiger charge is 2.38. The Morgan fingerprint density at radius 3 is 3.00 bits per heavy atom. The molecule has 3 aliphatic rings. The van der Waals surface area contributed by atoms with Crippen molar-refractivity contribution >= 4 is 34.8 Å². The summed E-state index contributed by atoms with van der Waals surface area (Å²) in [5.41, 5.74) is 1.65. The molecule has 0 aromatic heterocycles. The summed E-state index contributed by atoms with van der Waals surface area (Å²) in [6.45, 7) is 0.635. The second-order valence-corrected chi connectivity index (χ2v) is 8.14. The topological polar surface area (TPSA) is 70.7 Å². The van der Waals surface area contributed by atoms with Crippen LogP contribution in [0, 0.1) is 11.8 Å². The minimum atomic E-state index is -0.0586. The number of nitrogens with zero attached hydrogens (tertiary/aromatic N) is 1. The zero-order valence-electron chi connectivity index (χ0n) is 14.8. The summed E-state index contributed by atoms with van der Waals surface area (Å²) in [7, 11) is 1.74. The summed E-state index contributed by atoms with van der Waals surface area (Å²) in [5, 5.41) is 6.76. The van der Waals surface area contributed by atoms with Crippen molar-refractivity contribution in [2.45, 2.75) is 37.1 Å². The zero-order valence-corrected chi connectivity index (χ0v) is 15.6. The molecule has 0 spiro atoms. The highest BCUT2D eigenvalue weighted by atomic mass is 35.5. The van der Waals surface area contributed by atoms with Gasteiger partial charge in [0.05, 0.1) is 11.6 Å². The van der Waals surface area contributed by atoms with E-state index in [4.69, 9.17) is 16.3 Å². The number of hydrogen-bond donors (Lipinski definition) is 2. The number of nitrogens with one attached hydrogen (secondary N) is 2. The fourth-order valence-electron chi connectivity index (χ4n) is 4.23.